The number of ether oxygens (including phenoxy) is 1. The Morgan fingerprint density at radius 1 is 1.70 bits per heavy atom. The van der Waals surface area contributed by atoms with E-state index in [0.29, 0.717) is 0 Å². The van der Waals surface area contributed by atoms with E-state index in [9.17, 15) is 4.79 Å². The van der Waals surface area contributed by atoms with Crippen LogP contribution in [0.2, 0.25) is 0 Å². The predicted octanol–water partition coefficient (Wildman–Crippen LogP) is -1.33. The van der Waals surface area contributed by atoms with E-state index in [4.69, 9.17) is 5.11 Å². The van der Waals surface area contributed by atoms with Crippen molar-refractivity contribution in [3.63, 3.8) is 0 Å². The summed E-state index contributed by atoms with van der Waals surface area (Å²) in [6, 6.07) is 0. The average Bonchev–Trinajstić information content (AvgIpc) is 1.89. The molecule has 0 rings (SSSR count). The highest BCUT2D eigenvalue weighted by atomic mass is 16.6. The van der Waals surface area contributed by atoms with Crippen LogP contribution in [-0.4, -0.2) is 37.9 Å². The Labute approximate surface area is 58.9 Å². The van der Waals surface area contributed by atoms with Crippen molar-refractivity contribution in [3.8, 4) is 0 Å². The number of hydroxylamine groups is 1. The molecule has 0 saturated carbocycles. The first-order chi connectivity index (χ1) is 4.81. The number of carbonyl (C=O) groups is 1. The molecule has 0 heterocycles. The minimum atomic E-state index is -0.365. The number of carbonyl (C=O) groups excluding carboxylic acids is 1. The maximum atomic E-state index is 10.5. The summed E-state index contributed by atoms with van der Waals surface area (Å²) in [6.45, 7) is -0.00814. The molecule has 0 radical (unpaired) electrons. The van der Waals surface area contributed by atoms with E-state index in [2.05, 4.69) is 15.1 Å². The van der Waals surface area contributed by atoms with Gasteiger partial charge in [0.2, 0.25) is 0 Å². The number of hydrogen-bond donors (Lipinski definition) is 2. The molecular weight excluding hydrogens is 138 g/mol. The Morgan fingerprint density at radius 2 is 2.40 bits per heavy atom. The molecule has 0 bridgehead atoms. The third-order valence-corrected chi connectivity index (χ3v) is 0.685. The van der Waals surface area contributed by atoms with Crippen molar-refractivity contribution in [2.24, 2.45) is 0 Å². The smallest absolute Gasteiger partial charge is 0.269 e. The van der Waals surface area contributed by atoms with E-state index in [1.807, 2.05) is 0 Å². The fourth-order valence-corrected chi connectivity index (χ4v) is 0.373. The highest BCUT2D eigenvalue weighted by Crippen LogP contribution is 1.72. The molecule has 0 fully saturated rings. The van der Waals surface area contributed by atoms with Crippen LogP contribution in [0.5, 0.6) is 0 Å². The van der Waals surface area contributed by atoms with Crippen molar-refractivity contribution in [1.29, 1.82) is 0 Å². The first-order valence-electron chi connectivity index (χ1n) is 2.81. The molecule has 0 spiro atoms. The number of aliphatic hydroxyl groups excluding tert-OH is 1. The molecule has 5 nitrogen and oxygen atoms in total. The lowest BCUT2D eigenvalue weighted by molar-refractivity contribution is -0.136. The van der Waals surface area contributed by atoms with Crippen molar-refractivity contribution in [2.75, 3.05) is 26.9 Å². The zero-order valence-electron chi connectivity index (χ0n) is 5.79. The maximum Gasteiger partial charge on any atom is 0.269 e. The fraction of sp³-hybridized carbons (Fsp3) is 0.800. The predicted molar refractivity (Wildman–Crippen MR) is 33.1 cm³/mol. The molecule has 0 aromatic heterocycles. The molecule has 1 amide bonds. The molecule has 0 aromatic rings. The Kier molecular flexibility index (Phi) is 6.05. The van der Waals surface area contributed by atoms with E-state index in [1.165, 1.54) is 7.11 Å². The van der Waals surface area contributed by atoms with Gasteiger partial charge in [0.25, 0.3) is 5.91 Å². The number of rotatable bonds is 5. The van der Waals surface area contributed by atoms with Gasteiger partial charge in [-0.1, -0.05) is 0 Å². The van der Waals surface area contributed by atoms with E-state index >= 15 is 0 Å². The highest BCUT2D eigenvalue weighted by molar-refractivity contribution is 5.75. The van der Waals surface area contributed by atoms with Crippen molar-refractivity contribution >= 4 is 5.91 Å². The standard InChI is InChI=1S/C5H11NO4/c1-9-6-5(8)4-10-3-2-7/h7H,2-4H2,1H3,(H,6,8). The Hall–Kier alpha value is -0.650. The lowest BCUT2D eigenvalue weighted by atomic mass is 10.7. The van der Waals surface area contributed by atoms with Gasteiger partial charge in [-0.3, -0.25) is 9.63 Å². The van der Waals surface area contributed by atoms with Gasteiger partial charge in [-0.15, -0.1) is 0 Å². The maximum absolute atomic E-state index is 10.5. The lowest BCUT2D eigenvalue weighted by Gasteiger charge is -2.01. The molecule has 2 N–H and O–H groups in total. The largest absolute Gasteiger partial charge is 0.394 e. The SMILES string of the molecule is CONC(=O)COCCO. The number of hydrogen-bond acceptors (Lipinski definition) is 4. The van der Waals surface area contributed by atoms with Crippen molar-refractivity contribution in [1.82, 2.24) is 5.48 Å². The second-order valence-electron chi connectivity index (χ2n) is 1.51. The molecule has 0 aromatic carbocycles. The van der Waals surface area contributed by atoms with Crippen LogP contribution in [-0.2, 0) is 14.4 Å². The average molecular weight is 149 g/mol. The van der Waals surface area contributed by atoms with Crippen LogP contribution in [0.3, 0.4) is 0 Å². The van der Waals surface area contributed by atoms with Crippen molar-refractivity contribution in [2.45, 2.75) is 0 Å². The number of amides is 1. The third kappa shape index (κ3) is 5.49. The molecule has 0 aliphatic heterocycles. The summed E-state index contributed by atoms with van der Waals surface area (Å²) < 4.78 is 4.66. The second kappa shape index (κ2) is 6.47. The molecule has 0 unspecified atom stereocenters. The molecule has 0 aliphatic rings. The molecule has 0 aliphatic carbocycles. The molecule has 0 atom stereocenters. The van der Waals surface area contributed by atoms with Gasteiger partial charge in [-0.2, -0.15) is 0 Å². The molecule has 5 heteroatoms. The summed E-state index contributed by atoms with van der Waals surface area (Å²) in [6.07, 6.45) is 0. The first-order valence-corrected chi connectivity index (χ1v) is 2.81. The monoisotopic (exact) mass is 149 g/mol. The summed E-state index contributed by atoms with van der Waals surface area (Å²) in [7, 11) is 1.34. The van der Waals surface area contributed by atoms with Crippen LogP contribution in [0.4, 0.5) is 0 Å². The summed E-state index contributed by atoms with van der Waals surface area (Å²) in [5.41, 5.74) is 2.06. The zero-order valence-corrected chi connectivity index (χ0v) is 5.79. The van der Waals surface area contributed by atoms with Gasteiger partial charge in [0.15, 0.2) is 0 Å². The molecular formula is C5H11NO4. The second-order valence-corrected chi connectivity index (χ2v) is 1.51. The van der Waals surface area contributed by atoms with Crippen LogP contribution in [0.25, 0.3) is 0 Å². The van der Waals surface area contributed by atoms with E-state index in [1.54, 1.807) is 0 Å². The minimum Gasteiger partial charge on any atom is -0.394 e. The molecule has 10 heavy (non-hydrogen) atoms. The molecule has 60 valence electrons. The normalized spacial score (nSPS) is 9.40. The highest BCUT2D eigenvalue weighted by Gasteiger charge is 1.97. The van der Waals surface area contributed by atoms with Crippen LogP contribution >= 0.6 is 0 Å². The third-order valence-electron chi connectivity index (χ3n) is 0.685. The Balaban J connectivity index is 3.05. The summed E-state index contributed by atoms with van der Waals surface area (Å²) >= 11 is 0. The van der Waals surface area contributed by atoms with Crippen LogP contribution in [0, 0.1) is 0 Å². The van der Waals surface area contributed by atoms with Crippen molar-refractivity contribution in [3.05, 3.63) is 0 Å². The fourth-order valence-electron chi connectivity index (χ4n) is 0.373. The number of nitrogens with one attached hydrogen (secondary N) is 1. The first kappa shape index (κ1) is 9.35. The number of aliphatic hydroxyl groups is 1. The Morgan fingerprint density at radius 3 is 2.90 bits per heavy atom. The van der Waals surface area contributed by atoms with Gasteiger partial charge in [-0.25, -0.2) is 5.48 Å². The van der Waals surface area contributed by atoms with Crippen LogP contribution in [0.15, 0.2) is 0 Å². The zero-order chi connectivity index (χ0) is 7.82. The van der Waals surface area contributed by atoms with Crippen LogP contribution in [0.1, 0.15) is 0 Å². The summed E-state index contributed by atoms with van der Waals surface area (Å²) in [5.74, 6) is -0.365. The topological polar surface area (TPSA) is 67.8 Å². The van der Waals surface area contributed by atoms with Gasteiger partial charge in [0.1, 0.15) is 6.61 Å². The minimum absolute atomic E-state index is 0.0831. The Bertz CT molecular complexity index is 95.6. The van der Waals surface area contributed by atoms with Crippen molar-refractivity contribution < 1.29 is 19.5 Å². The van der Waals surface area contributed by atoms with Crippen LogP contribution < -0.4 is 5.48 Å². The van der Waals surface area contributed by atoms with E-state index < -0.39 is 0 Å². The van der Waals surface area contributed by atoms with Gasteiger partial charge >= 0.3 is 0 Å². The van der Waals surface area contributed by atoms with Gasteiger partial charge in [0, 0.05) is 0 Å². The quantitative estimate of drug-likeness (QED) is 0.375. The lowest BCUT2D eigenvalue weighted by Crippen LogP contribution is -2.26. The van der Waals surface area contributed by atoms with Gasteiger partial charge in [-0.05, 0) is 0 Å². The molecule has 0 saturated heterocycles. The summed E-state index contributed by atoms with van der Waals surface area (Å²) in [5, 5.41) is 8.22. The van der Waals surface area contributed by atoms with E-state index in [0.717, 1.165) is 0 Å². The summed E-state index contributed by atoms with van der Waals surface area (Å²) in [4.78, 5) is 14.8. The van der Waals surface area contributed by atoms with Gasteiger partial charge < -0.3 is 9.84 Å². The van der Waals surface area contributed by atoms with E-state index in [-0.39, 0.29) is 25.7 Å². The van der Waals surface area contributed by atoms with Gasteiger partial charge in [0.05, 0.1) is 20.3 Å².